The topological polar surface area (TPSA) is 87.5 Å². The summed E-state index contributed by atoms with van der Waals surface area (Å²) in [4.78, 5) is 25.5. The number of aromatic nitrogens is 2. The fraction of sp³-hybridized carbons (Fsp3) is 0.318. The van der Waals surface area contributed by atoms with Crippen LogP contribution in [0.4, 0.5) is 5.82 Å². The Morgan fingerprint density at radius 1 is 1.34 bits per heavy atom. The lowest BCUT2D eigenvalue weighted by Crippen LogP contribution is -2.31. The Hall–Kier alpha value is -3.35. The van der Waals surface area contributed by atoms with E-state index in [1.165, 1.54) is 0 Å². The molecular weight excluding hydrogens is 368 g/mol. The molecule has 29 heavy (non-hydrogen) atoms. The Morgan fingerprint density at radius 2 is 2.03 bits per heavy atom. The van der Waals surface area contributed by atoms with Crippen LogP contribution >= 0.6 is 0 Å². The molecule has 7 heteroatoms. The van der Waals surface area contributed by atoms with E-state index in [0.29, 0.717) is 25.1 Å². The van der Waals surface area contributed by atoms with Gasteiger partial charge in [0.25, 0.3) is 5.91 Å². The number of rotatable bonds is 4. The largest absolute Gasteiger partial charge is 0.481 e. The summed E-state index contributed by atoms with van der Waals surface area (Å²) >= 11 is 0. The van der Waals surface area contributed by atoms with Gasteiger partial charge in [0.05, 0.1) is 19.3 Å². The van der Waals surface area contributed by atoms with E-state index in [1.807, 2.05) is 33.0 Å². The molecule has 0 spiro atoms. The molecule has 2 N–H and O–H groups in total. The number of fused-ring (bicyclic) bond motifs is 1. The van der Waals surface area contributed by atoms with E-state index in [2.05, 4.69) is 23.6 Å². The van der Waals surface area contributed by atoms with Crippen molar-refractivity contribution in [1.82, 2.24) is 14.7 Å². The van der Waals surface area contributed by atoms with Crippen molar-refractivity contribution in [3.63, 3.8) is 0 Å². The van der Waals surface area contributed by atoms with Gasteiger partial charge in [-0.05, 0) is 43.5 Å². The number of allylic oxidation sites excluding steroid dienone is 1. The van der Waals surface area contributed by atoms with Crippen molar-refractivity contribution in [2.45, 2.75) is 33.2 Å². The molecule has 2 heterocycles. The van der Waals surface area contributed by atoms with Crippen molar-refractivity contribution < 1.29 is 14.7 Å². The van der Waals surface area contributed by atoms with Gasteiger partial charge in [-0.1, -0.05) is 18.7 Å². The molecule has 0 unspecified atom stereocenters. The molecule has 0 bridgehead atoms. The normalized spacial score (nSPS) is 12.8. The second-order valence-corrected chi connectivity index (χ2v) is 6.98. The number of aliphatic carboxylic acids is 1. The Labute approximate surface area is 171 Å². The number of aryl methyl sites for hydroxylation is 3. The number of hydrogen-bond acceptors (Lipinski definition) is 4. The molecule has 1 amide bonds. The molecule has 0 radical (unpaired) electrons. The molecule has 1 aromatic heterocycles. The zero-order chi connectivity index (χ0) is 21.6. The molecule has 3 rings (SSSR count). The van der Waals surface area contributed by atoms with Crippen molar-refractivity contribution in [1.29, 1.82) is 0 Å². The van der Waals surface area contributed by atoms with Crippen molar-refractivity contribution in [3.8, 4) is 0 Å². The standard InChI is InChI=1S/C19H22N4O3.C3H6/c1-12-8-15(5-4-14(12)6-7-17(24)25)19(26)23-10-13(2)21-18-16(11-23)9-20-22(18)3;1-3-2/h4-5,8-9,21H,2,6-7,10-11H2,1,3H3,(H,24,25);3H,1H2,2H3. The van der Waals surface area contributed by atoms with Crippen LogP contribution in [0.1, 0.15) is 40.4 Å². The minimum atomic E-state index is -0.826. The second-order valence-electron chi connectivity index (χ2n) is 6.98. The summed E-state index contributed by atoms with van der Waals surface area (Å²) in [5.41, 5.74) is 4.12. The number of carbonyl (C=O) groups is 2. The molecule has 1 aliphatic rings. The fourth-order valence-corrected chi connectivity index (χ4v) is 3.14. The maximum atomic E-state index is 13.0. The minimum Gasteiger partial charge on any atom is -0.481 e. The van der Waals surface area contributed by atoms with Gasteiger partial charge in [0.15, 0.2) is 0 Å². The Kier molecular flexibility index (Phi) is 7.36. The number of carboxylic acids is 1. The van der Waals surface area contributed by atoms with Gasteiger partial charge >= 0.3 is 5.97 Å². The smallest absolute Gasteiger partial charge is 0.303 e. The van der Waals surface area contributed by atoms with Crippen molar-refractivity contribution >= 4 is 17.7 Å². The van der Waals surface area contributed by atoms with Crippen LogP contribution in [0, 0.1) is 6.92 Å². The van der Waals surface area contributed by atoms with Crippen LogP contribution in [0.25, 0.3) is 0 Å². The maximum Gasteiger partial charge on any atom is 0.303 e. The molecule has 2 aromatic rings. The molecule has 154 valence electrons. The lowest BCUT2D eigenvalue weighted by molar-refractivity contribution is -0.136. The number of nitrogens with zero attached hydrogens (tertiary/aromatic N) is 3. The van der Waals surface area contributed by atoms with Crippen molar-refractivity contribution in [2.75, 3.05) is 11.9 Å². The molecule has 1 aliphatic heterocycles. The van der Waals surface area contributed by atoms with Gasteiger partial charge in [-0.3, -0.25) is 14.3 Å². The highest BCUT2D eigenvalue weighted by atomic mass is 16.4. The molecular formula is C22H28N4O3. The Morgan fingerprint density at radius 3 is 2.66 bits per heavy atom. The molecule has 1 aromatic carbocycles. The zero-order valence-electron chi connectivity index (χ0n) is 17.2. The van der Waals surface area contributed by atoms with E-state index < -0.39 is 5.97 Å². The highest BCUT2D eigenvalue weighted by Gasteiger charge is 2.24. The Bertz CT molecular complexity index is 930. The number of amides is 1. The predicted octanol–water partition coefficient (Wildman–Crippen LogP) is 3.52. The first-order valence-electron chi connectivity index (χ1n) is 9.40. The number of hydrogen-bond donors (Lipinski definition) is 2. The van der Waals surface area contributed by atoms with Crippen LogP contribution in [-0.2, 0) is 24.8 Å². The molecule has 7 nitrogen and oxygen atoms in total. The van der Waals surface area contributed by atoms with Gasteiger partial charge < -0.3 is 15.3 Å². The predicted molar refractivity (Wildman–Crippen MR) is 114 cm³/mol. The second kappa shape index (κ2) is 9.73. The van der Waals surface area contributed by atoms with Gasteiger partial charge in [0, 0.05) is 30.3 Å². The number of carbonyl (C=O) groups excluding carboxylic acids is 1. The minimum absolute atomic E-state index is 0.0789. The summed E-state index contributed by atoms with van der Waals surface area (Å²) in [5.74, 6) is -0.0598. The average molecular weight is 396 g/mol. The average Bonchev–Trinajstić information content (AvgIpc) is 2.90. The van der Waals surface area contributed by atoms with Gasteiger partial charge in [-0.2, -0.15) is 5.10 Å². The molecule has 0 saturated heterocycles. The van der Waals surface area contributed by atoms with Gasteiger partial charge in [-0.25, -0.2) is 0 Å². The zero-order valence-corrected chi connectivity index (χ0v) is 17.2. The van der Waals surface area contributed by atoms with E-state index in [1.54, 1.807) is 27.9 Å². The number of nitrogens with one attached hydrogen (secondary N) is 1. The first-order chi connectivity index (χ1) is 13.8. The van der Waals surface area contributed by atoms with Gasteiger partial charge in [0.1, 0.15) is 5.82 Å². The Balaban J connectivity index is 0.000000941. The van der Waals surface area contributed by atoms with E-state index >= 15 is 0 Å². The third kappa shape index (κ3) is 5.57. The quantitative estimate of drug-likeness (QED) is 0.772. The van der Waals surface area contributed by atoms with Gasteiger partial charge in [-0.15, -0.1) is 6.58 Å². The van der Waals surface area contributed by atoms with E-state index in [-0.39, 0.29) is 12.3 Å². The monoisotopic (exact) mass is 396 g/mol. The van der Waals surface area contributed by atoms with Crippen LogP contribution in [0.2, 0.25) is 0 Å². The fourth-order valence-electron chi connectivity index (χ4n) is 3.14. The highest BCUT2D eigenvalue weighted by Crippen LogP contribution is 2.24. The summed E-state index contributed by atoms with van der Waals surface area (Å²) < 4.78 is 1.73. The van der Waals surface area contributed by atoms with E-state index in [0.717, 1.165) is 28.2 Å². The molecule has 0 atom stereocenters. The van der Waals surface area contributed by atoms with Gasteiger partial charge in [0.2, 0.25) is 0 Å². The maximum absolute atomic E-state index is 13.0. The summed E-state index contributed by atoms with van der Waals surface area (Å²) in [6.07, 6.45) is 4.04. The molecule has 0 aliphatic carbocycles. The summed E-state index contributed by atoms with van der Waals surface area (Å²) in [6.45, 7) is 12.0. The van der Waals surface area contributed by atoms with Crippen LogP contribution in [-0.4, -0.2) is 38.2 Å². The first-order valence-corrected chi connectivity index (χ1v) is 9.40. The van der Waals surface area contributed by atoms with Crippen LogP contribution < -0.4 is 5.32 Å². The molecule has 0 saturated carbocycles. The number of anilines is 1. The number of carboxylic acid groups (broad SMARTS) is 1. The van der Waals surface area contributed by atoms with E-state index in [4.69, 9.17) is 5.11 Å². The third-order valence-corrected chi connectivity index (χ3v) is 4.54. The summed E-state index contributed by atoms with van der Waals surface area (Å²) in [7, 11) is 1.84. The van der Waals surface area contributed by atoms with Crippen molar-refractivity contribution in [2.24, 2.45) is 7.05 Å². The lowest BCUT2D eigenvalue weighted by Gasteiger charge is -2.21. The SMILES string of the molecule is C=C1CN(C(=O)c2ccc(CCC(=O)O)c(C)c2)Cc2cnn(C)c2N1.C=CC. The summed E-state index contributed by atoms with van der Waals surface area (Å²) in [6, 6.07) is 5.43. The lowest BCUT2D eigenvalue weighted by atomic mass is 10.0. The highest BCUT2D eigenvalue weighted by molar-refractivity contribution is 5.95. The molecule has 0 fully saturated rings. The third-order valence-electron chi connectivity index (χ3n) is 4.54. The first kappa shape index (κ1) is 21.9. The summed E-state index contributed by atoms with van der Waals surface area (Å²) in [5, 5.41) is 16.3. The number of benzene rings is 1. The van der Waals surface area contributed by atoms with Crippen LogP contribution in [0.5, 0.6) is 0 Å². The van der Waals surface area contributed by atoms with E-state index in [9.17, 15) is 9.59 Å². The van der Waals surface area contributed by atoms with Crippen molar-refractivity contribution in [3.05, 3.63) is 71.6 Å². The van der Waals surface area contributed by atoms with Crippen LogP contribution in [0.15, 0.2) is 49.3 Å². The van der Waals surface area contributed by atoms with Crippen LogP contribution in [0.3, 0.4) is 0 Å².